The van der Waals surface area contributed by atoms with Gasteiger partial charge in [0, 0.05) is 59.4 Å². The first-order valence-corrected chi connectivity index (χ1v) is 13.3. The number of hydrogen-bond donors (Lipinski definition) is 1. The van der Waals surface area contributed by atoms with Crippen LogP contribution in [0.5, 0.6) is 0 Å². The molecule has 36 heavy (non-hydrogen) atoms. The highest BCUT2D eigenvalue weighted by Crippen LogP contribution is 2.83. The number of piperidine rings is 1. The van der Waals surface area contributed by atoms with Gasteiger partial charge in [0.05, 0.1) is 35.9 Å². The standard InChI is InChI=1S/C26H37NO9/c1-11(28)34-16-6-7-24-14-8-13-17(14)26(30,9-15(32-4)19(13)35-12(2)29)18-20(33-5)21(24)25(16,10-31-3)23-27(36-23)22(18)24/h13-23,30H,6-10H2,1-5H3/t13?,14-,15-,16-,17+,18+,19-,20+,21+,22?,23?,24-,25-,26-,27?/m1/s1. The number of fused-ring (bicyclic) bond motifs is 3. The predicted octanol–water partition coefficient (Wildman–Crippen LogP) is 0.895. The van der Waals surface area contributed by atoms with E-state index in [9.17, 15) is 14.7 Å². The average molecular weight is 508 g/mol. The van der Waals surface area contributed by atoms with Crippen LogP contribution in [0, 0.1) is 40.4 Å². The van der Waals surface area contributed by atoms with E-state index in [4.69, 9.17) is 28.5 Å². The Balaban J connectivity index is 1.38. The lowest BCUT2D eigenvalue weighted by molar-refractivity contribution is -0.317. The number of methoxy groups -OCH3 is 3. The smallest absolute Gasteiger partial charge is 0.303 e. The summed E-state index contributed by atoms with van der Waals surface area (Å²) < 4.78 is 29.8. The van der Waals surface area contributed by atoms with Crippen LogP contribution < -0.4 is 0 Å². The first-order chi connectivity index (χ1) is 17.2. The van der Waals surface area contributed by atoms with Gasteiger partial charge in [-0.2, -0.15) is 5.06 Å². The highest BCUT2D eigenvalue weighted by molar-refractivity contribution is 5.66. The second kappa shape index (κ2) is 7.42. The Hall–Kier alpha value is -1.30. The van der Waals surface area contributed by atoms with Crippen LogP contribution >= 0.6 is 0 Å². The maximum atomic E-state index is 12.7. The minimum atomic E-state index is -1.05. The van der Waals surface area contributed by atoms with E-state index in [1.54, 1.807) is 21.3 Å². The SMILES string of the molecule is COC[C@]12C3ON3C3[C@@H]4[C@H](OC)[C@H]1[C@@]3(CC[C@H]2OC(C)=O)[C@@H]1CC2[C@@H](OC(C)=O)[C@H](OC)C[C@@]4(O)[C@@H]21. The molecule has 7 rings (SSSR count). The molecule has 2 heterocycles. The van der Waals surface area contributed by atoms with Gasteiger partial charge >= 0.3 is 11.9 Å². The van der Waals surface area contributed by atoms with Gasteiger partial charge in [-0.3, -0.25) is 14.4 Å². The van der Waals surface area contributed by atoms with Gasteiger partial charge in [-0.05, 0) is 36.5 Å². The Morgan fingerprint density at radius 3 is 2.44 bits per heavy atom. The first-order valence-electron chi connectivity index (χ1n) is 13.3. The number of nitrogens with zero attached hydrogens (tertiary/aromatic N) is 1. The summed E-state index contributed by atoms with van der Waals surface area (Å²) in [6, 6.07) is 0.00990. The van der Waals surface area contributed by atoms with Crippen molar-refractivity contribution < 1.29 is 43.2 Å². The molecule has 10 heteroatoms. The fraction of sp³-hybridized carbons (Fsp3) is 0.923. The Morgan fingerprint density at radius 2 is 1.81 bits per heavy atom. The summed E-state index contributed by atoms with van der Waals surface area (Å²) >= 11 is 0. The molecule has 7 fully saturated rings. The molecule has 2 aliphatic heterocycles. The van der Waals surface area contributed by atoms with E-state index in [1.165, 1.54) is 13.8 Å². The summed E-state index contributed by atoms with van der Waals surface area (Å²) in [5.41, 5.74) is -1.80. The van der Waals surface area contributed by atoms with Gasteiger partial charge in [0.1, 0.15) is 12.2 Å². The summed E-state index contributed by atoms with van der Waals surface area (Å²) in [4.78, 5) is 30.5. The molecule has 1 N–H and O–H groups in total. The molecule has 7 aliphatic rings. The zero-order valence-electron chi connectivity index (χ0n) is 21.5. The number of hydroxylamine groups is 2. The molecule has 0 amide bonds. The quantitative estimate of drug-likeness (QED) is 0.411. The van der Waals surface area contributed by atoms with Crippen LogP contribution in [0.15, 0.2) is 0 Å². The molecule has 5 bridgehead atoms. The number of hydrogen-bond acceptors (Lipinski definition) is 10. The summed E-state index contributed by atoms with van der Waals surface area (Å²) in [7, 11) is 5.04. The molecule has 1 spiro atoms. The fourth-order valence-electron chi connectivity index (χ4n) is 10.9. The molecule has 0 aromatic carbocycles. The minimum Gasteiger partial charge on any atom is -0.462 e. The van der Waals surface area contributed by atoms with Gasteiger partial charge in [-0.25, -0.2) is 0 Å². The van der Waals surface area contributed by atoms with Gasteiger partial charge in [0.15, 0.2) is 6.23 Å². The minimum absolute atomic E-state index is 0.000505. The summed E-state index contributed by atoms with van der Waals surface area (Å²) in [6.45, 7) is 3.27. The van der Waals surface area contributed by atoms with Crippen LogP contribution in [-0.4, -0.2) is 92.3 Å². The van der Waals surface area contributed by atoms with Crippen molar-refractivity contribution in [2.45, 2.75) is 81.8 Å². The molecule has 0 radical (unpaired) electrons. The van der Waals surface area contributed by atoms with Gasteiger partial charge in [0.2, 0.25) is 0 Å². The highest BCUT2D eigenvalue weighted by Gasteiger charge is 2.91. The van der Waals surface area contributed by atoms with Crippen molar-refractivity contribution in [3.8, 4) is 0 Å². The zero-order chi connectivity index (χ0) is 25.4. The molecule has 0 aromatic rings. The van der Waals surface area contributed by atoms with E-state index < -0.39 is 11.0 Å². The van der Waals surface area contributed by atoms with Crippen molar-refractivity contribution in [2.24, 2.45) is 40.4 Å². The normalized spacial score (nSPS) is 58.7. The number of aliphatic hydroxyl groups is 1. The maximum Gasteiger partial charge on any atom is 0.303 e. The van der Waals surface area contributed by atoms with Crippen LogP contribution in [0.25, 0.3) is 0 Å². The molecular formula is C26H37NO9. The number of rotatable bonds is 6. The van der Waals surface area contributed by atoms with E-state index in [0.717, 1.165) is 19.3 Å². The zero-order valence-corrected chi connectivity index (χ0v) is 21.5. The number of esters is 2. The third-order valence-electron chi connectivity index (χ3n) is 11.5. The summed E-state index contributed by atoms with van der Waals surface area (Å²) in [6.07, 6.45) is 1.23. The Labute approximate surface area is 210 Å². The lowest BCUT2D eigenvalue weighted by atomic mass is 9.35. The molecular weight excluding hydrogens is 470 g/mol. The molecule has 4 unspecified atom stereocenters. The fourth-order valence-corrected chi connectivity index (χ4v) is 10.9. The Bertz CT molecular complexity index is 992. The molecule has 10 nitrogen and oxygen atoms in total. The molecule has 5 aliphatic carbocycles. The largest absolute Gasteiger partial charge is 0.462 e. The highest BCUT2D eigenvalue weighted by atomic mass is 16.8. The summed E-state index contributed by atoms with van der Waals surface area (Å²) in [5, 5.41) is 14.7. The van der Waals surface area contributed by atoms with Crippen molar-refractivity contribution in [1.82, 2.24) is 5.06 Å². The predicted molar refractivity (Wildman–Crippen MR) is 121 cm³/mol. The Morgan fingerprint density at radius 1 is 1.06 bits per heavy atom. The third-order valence-corrected chi connectivity index (χ3v) is 11.5. The van der Waals surface area contributed by atoms with E-state index in [0.29, 0.717) is 13.0 Å². The molecule has 15 atom stereocenters. The topological polar surface area (TPSA) is 116 Å². The van der Waals surface area contributed by atoms with Crippen LogP contribution in [0.1, 0.15) is 39.5 Å². The van der Waals surface area contributed by atoms with Gasteiger partial charge in [-0.15, -0.1) is 0 Å². The van der Waals surface area contributed by atoms with E-state index in [1.807, 2.05) is 0 Å². The van der Waals surface area contributed by atoms with Crippen molar-refractivity contribution in [1.29, 1.82) is 0 Å². The second-order valence-electron chi connectivity index (χ2n) is 12.3. The van der Waals surface area contributed by atoms with Crippen molar-refractivity contribution >= 4 is 11.9 Å². The van der Waals surface area contributed by atoms with E-state index in [-0.39, 0.29) is 83.6 Å². The van der Waals surface area contributed by atoms with Crippen LogP contribution in [0.4, 0.5) is 0 Å². The third kappa shape index (κ3) is 2.45. The van der Waals surface area contributed by atoms with Gasteiger partial charge in [-0.1, -0.05) is 0 Å². The lowest BCUT2D eigenvalue weighted by Gasteiger charge is -2.72. The molecule has 2 saturated heterocycles. The van der Waals surface area contributed by atoms with Crippen molar-refractivity contribution in [3.63, 3.8) is 0 Å². The molecule has 0 aromatic heterocycles. The number of carbonyl (C=O) groups is 2. The Kier molecular flexibility index (Phi) is 4.90. The second-order valence-corrected chi connectivity index (χ2v) is 12.3. The maximum absolute atomic E-state index is 12.7. The lowest BCUT2D eigenvalue weighted by Crippen LogP contribution is -2.78. The van der Waals surface area contributed by atoms with Gasteiger partial charge in [0.25, 0.3) is 0 Å². The summed E-state index contributed by atoms with van der Waals surface area (Å²) in [5.74, 6) is -0.589. The van der Waals surface area contributed by atoms with Crippen LogP contribution in [0.2, 0.25) is 0 Å². The van der Waals surface area contributed by atoms with Crippen molar-refractivity contribution in [2.75, 3.05) is 27.9 Å². The van der Waals surface area contributed by atoms with Crippen LogP contribution in [-0.2, 0) is 38.1 Å². The molecule has 200 valence electrons. The number of ether oxygens (including phenoxy) is 5. The first kappa shape index (κ1) is 23.8. The monoisotopic (exact) mass is 507 g/mol. The number of carbonyl (C=O) groups excluding carboxylic acids is 2. The van der Waals surface area contributed by atoms with Crippen molar-refractivity contribution in [3.05, 3.63) is 0 Å². The van der Waals surface area contributed by atoms with Crippen LogP contribution in [0.3, 0.4) is 0 Å². The van der Waals surface area contributed by atoms with Gasteiger partial charge < -0.3 is 28.8 Å². The van der Waals surface area contributed by atoms with E-state index >= 15 is 0 Å². The average Bonchev–Trinajstić information content (AvgIpc) is 3.54. The molecule has 5 saturated carbocycles. The van der Waals surface area contributed by atoms with E-state index in [2.05, 4.69) is 5.06 Å².